The number of nitrogens with zero attached hydrogens (tertiary/aromatic N) is 2. The Morgan fingerprint density at radius 2 is 1.86 bits per heavy atom. The third kappa shape index (κ3) is 3.16. The van der Waals surface area contributed by atoms with Crippen LogP contribution in [-0.2, 0) is 11.3 Å². The van der Waals surface area contributed by atoms with Gasteiger partial charge in [0.1, 0.15) is 5.58 Å². The number of carbonyl (C=O) groups is 1. The highest BCUT2D eigenvalue weighted by atomic mass is 16.6. The number of benzene rings is 2. The van der Waals surface area contributed by atoms with Crippen LogP contribution in [0.3, 0.4) is 0 Å². The SMILES string of the molecule is CCOC(=O)N1CN([C@H](C)c2ccccc2)Cc2c1oc1ccccc1c2=O. The summed E-state index contributed by atoms with van der Waals surface area (Å²) >= 11 is 0. The number of amides is 1. The second-order valence-electron chi connectivity index (χ2n) is 6.81. The average Bonchev–Trinajstić information content (AvgIpc) is 2.73. The van der Waals surface area contributed by atoms with Gasteiger partial charge in [-0.2, -0.15) is 0 Å². The summed E-state index contributed by atoms with van der Waals surface area (Å²) in [7, 11) is 0. The minimum atomic E-state index is -0.521. The fraction of sp³-hybridized carbons (Fsp3) is 0.273. The maximum absolute atomic E-state index is 13.1. The Bertz CT molecular complexity index is 1060. The zero-order valence-electron chi connectivity index (χ0n) is 15.9. The molecule has 1 aliphatic rings. The highest BCUT2D eigenvalue weighted by Crippen LogP contribution is 2.33. The molecule has 0 spiro atoms. The average molecular weight is 378 g/mol. The first-order valence-corrected chi connectivity index (χ1v) is 9.38. The topological polar surface area (TPSA) is 63.0 Å². The molecule has 1 atom stereocenters. The molecule has 0 saturated heterocycles. The maximum Gasteiger partial charge on any atom is 0.417 e. The molecular formula is C22H22N2O4. The molecule has 0 N–H and O–H groups in total. The van der Waals surface area contributed by atoms with E-state index in [4.69, 9.17) is 9.15 Å². The van der Waals surface area contributed by atoms with Crippen LogP contribution in [0.15, 0.2) is 63.8 Å². The summed E-state index contributed by atoms with van der Waals surface area (Å²) < 4.78 is 11.2. The molecule has 0 saturated carbocycles. The van der Waals surface area contributed by atoms with Crippen molar-refractivity contribution in [3.8, 4) is 0 Å². The van der Waals surface area contributed by atoms with Gasteiger partial charge in [-0.05, 0) is 31.5 Å². The van der Waals surface area contributed by atoms with E-state index in [1.165, 1.54) is 4.90 Å². The Kier molecular flexibility index (Phi) is 4.88. The number of hydrogen-bond acceptors (Lipinski definition) is 5. The highest BCUT2D eigenvalue weighted by Gasteiger charge is 2.35. The Morgan fingerprint density at radius 1 is 1.14 bits per heavy atom. The Morgan fingerprint density at radius 3 is 2.61 bits per heavy atom. The van der Waals surface area contributed by atoms with E-state index in [0.29, 0.717) is 23.1 Å². The molecule has 6 heteroatoms. The van der Waals surface area contributed by atoms with Gasteiger partial charge in [0.2, 0.25) is 5.88 Å². The van der Waals surface area contributed by atoms with Crippen LogP contribution in [0.5, 0.6) is 0 Å². The minimum absolute atomic E-state index is 0.0112. The van der Waals surface area contributed by atoms with Crippen LogP contribution in [0.2, 0.25) is 0 Å². The zero-order chi connectivity index (χ0) is 19.7. The molecule has 2 aromatic carbocycles. The molecule has 1 aliphatic heterocycles. The van der Waals surface area contributed by atoms with E-state index in [2.05, 4.69) is 11.8 Å². The van der Waals surface area contributed by atoms with Gasteiger partial charge in [0, 0.05) is 12.6 Å². The summed E-state index contributed by atoms with van der Waals surface area (Å²) in [5.74, 6) is 0.277. The molecule has 0 bridgehead atoms. The first-order valence-electron chi connectivity index (χ1n) is 9.38. The van der Waals surface area contributed by atoms with E-state index >= 15 is 0 Å². The molecule has 2 heterocycles. The van der Waals surface area contributed by atoms with Crippen LogP contribution in [-0.4, -0.2) is 24.3 Å². The molecular weight excluding hydrogens is 356 g/mol. The van der Waals surface area contributed by atoms with Gasteiger partial charge in [0.25, 0.3) is 0 Å². The third-order valence-electron chi connectivity index (χ3n) is 5.12. The van der Waals surface area contributed by atoms with Crippen molar-refractivity contribution in [2.45, 2.75) is 26.4 Å². The summed E-state index contributed by atoms with van der Waals surface area (Å²) in [4.78, 5) is 29.2. The molecule has 4 rings (SSSR count). The summed E-state index contributed by atoms with van der Waals surface area (Å²) in [5.41, 5.74) is 1.93. The van der Waals surface area contributed by atoms with Gasteiger partial charge >= 0.3 is 6.09 Å². The summed E-state index contributed by atoms with van der Waals surface area (Å²) in [5, 5.41) is 0.513. The van der Waals surface area contributed by atoms with E-state index in [0.717, 1.165) is 5.56 Å². The lowest BCUT2D eigenvalue weighted by Gasteiger charge is -2.38. The van der Waals surface area contributed by atoms with Crippen molar-refractivity contribution in [2.24, 2.45) is 0 Å². The predicted octanol–water partition coefficient (Wildman–Crippen LogP) is 4.29. The van der Waals surface area contributed by atoms with E-state index in [9.17, 15) is 9.59 Å². The maximum atomic E-state index is 13.1. The lowest BCUT2D eigenvalue weighted by molar-refractivity contribution is 0.137. The highest BCUT2D eigenvalue weighted by molar-refractivity contribution is 5.89. The van der Waals surface area contributed by atoms with Crippen molar-refractivity contribution >= 4 is 22.9 Å². The Labute approximate surface area is 162 Å². The number of ether oxygens (including phenoxy) is 1. The van der Waals surface area contributed by atoms with Gasteiger partial charge < -0.3 is 9.15 Å². The van der Waals surface area contributed by atoms with Crippen molar-refractivity contribution in [3.05, 3.63) is 75.9 Å². The summed E-state index contributed by atoms with van der Waals surface area (Å²) in [6.07, 6.45) is -0.521. The number of para-hydroxylation sites is 1. The van der Waals surface area contributed by atoms with E-state index in [-0.39, 0.29) is 30.6 Å². The largest absolute Gasteiger partial charge is 0.449 e. The smallest absolute Gasteiger partial charge is 0.417 e. The van der Waals surface area contributed by atoms with Crippen LogP contribution in [0.1, 0.15) is 31.0 Å². The van der Waals surface area contributed by atoms with Crippen molar-refractivity contribution in [1.29, 1.82) is 0 Å². The lowest BCUT2D eigenvalue weighted by atomic mass is 10.0. The Balaban J connectivity index is 1.82. The van der Waals surface area contributed by atoms with E-state index in [1.54, 1.807) is 25.1 Å². The number of rotatable bonds is 3. The predicted molar refractivity (Wildman–Crippen MR) is 107 cm³/mol. The van der Waals surface area contributed by atoms with Crippen LogP contribution < -0.4 is 10.3 Å². The molecule has 1 amide bonds. The van der Waals surface area contributed by atoms with Gasteiger partial charge in [0.05, 0.1) is 24.2 Å². The molecule has 3 aromatic rings. The molecule has 0 fully saturated rings. The number of hydrogen-bond donors (Lipinski definition) is 0. The van der Waals surface area contributed by atoms with Crippen LogP contribution >= 0.6 is 0 Å². The Hall–Kier alpha value is -3.12. The fourth-order valence-electron chi connectivity index (χ4n) is 3.57. The fourth-order valence-corrected chi connectivity index (χ4v) is 3.57. The van der Waals surface area contributed by atoms with Crippen molar-refractivity contribution in [1.82, 2.24) is 4.90 Å². The second-order valence-corrected chi connectivity index (χ2v) is 6.81. The van der Waals surface area contributed by atoms with E-state index < -0.39 is 6.09 Å². The number of fused-ring (bicyclic) bond motifs is 2. The van der Waals surface area contributed by atoms with Gasteiger partial charge in [-0.25, -0.2) is 9.69 Å². The molecule has 1 aromatic heterocycles. The van der Waals surface area contributed by atoms with Gasteiger partial charge in [-0.15, -0.1) is 0 Å². The molecule has 6 nitrogen and oxygen atoms in total. The number of carbonyl (C=O) groups excluding carboxylic acids is 1. The van der Waals surface area contributed by atoms with Gasteiger partial charge in [-0.1, -0.05) is 42.5 Å². The first-order chi connectivity index (χ1) is 13.6. The van der Waals surface area contributed by atoms with E-state index in [1.807, 2.05) is 36.4 Å². The number of anilines is 1. The standard InChI is InChI=1S/C22H22N2O4/c1-3-27-22(26)24-14-23(15(2)16-9-5-4-6-10-16)13-18-20(25)17-11-7-8-12-19(17)28-21(18)24/h4-12,15H,3,13-14H2,1-2H3/t15-/m1/s1. The van der Waals surface area contributed by atoms with Crippen molar-refractivity contribution in [2.75, 3.05) is 18.2 Å². The van der Waals surface area contributed by atoms with Crippen molar-refractivity contribution in [3.63, 3.8) is 0 Å². The minimum Gasteiger partial charge on any atom is -0.449 e. The molecule has 0 aliphatic carbocycles. The molecule has 144 valence electrons. The first kappa shape index (κ1) is 18.3. The molecule has 28 heavy (non-hydrogen) atoms. The van der Waals surface area contributed by atoms with Gasteiger partial charge in [-0.3, -0.25) is 9.69 Å². The summed E-state index contributed by atoms with van der Waals surface area (Å²) in [6.45, 7) is 4.74. The van der Waals surface area contributed by atoms with Crippen LogP contribution in [0.4, 0.5) is 10.7 Å². The quantitative estimate of drug-likeness (QED) is 0.680. The monoisotopic (exact) mass is 378 g/mol. The van der Waals surface area contributed by atoms with Gasteiger partial charge in [0.15, 0.2) is 5.43 Å². The van der Waals surface area contributed by atoms with Crippen LogP contribution in [0, 0.1) is 0 Å². The third-order valence-corrected chi connectivity index (χ3v) is 5.12. The van der Waals surface area contributed by atoms with Crippen molar-refractivity contribution < 1.29 is 13.9 Å². The second kappa shape index (κ2) is 7.48. The summed E-state index contributed by atoms with van der Waals surface area (Å²) in [6, 6.07) is 17.1. The zero-order valence-corrected chi connectivity index (χ0v) is 15.9. The molecule has 0 unspecified atom stereocenters. The van der Waals surface area contributed by atoms with Crippen LogP contribution in [0.25, 0.3) is 11.0 Å². The molecule has 0 radical (unpaired) electrons. The lowest BCUT2D eigenvalue weighted by Crippen LogP contribution is -2.48. The normalized spacial score (nSPS) is 15.3.